The summed E-state index contributed by atoms with van der Waals surface area (Å²) in [5, 5.41) is 2.40. The number of aromatic nitrogens is 1. The first kappa shape index (κ1) is 16.3. The molecular weight excluding hydrogens is 270 g/mol. The third kappa shape index (κ3) is 2.66. The standard InChI is InChI=1S/C18H19NO.C2H6/c1-4-19-16-8-6-5-7-14(16)15-11-13(9-10-17(15)19)18(20)12(2)3;1-2/h5-12H,4H2,1-3H3;1-2H3. The highest BCUT2D eigenvalue weighted by Crippen LogP contribution is 2.30. The molecule has 0 atom stereocenters. The van der Waals surface area contributed by atoms with Crippen LogP contribution in [-0.2, 0) is 6.54 Å². The van der Waals surface area contributed by atoms with Crippen molar-refractivity contribution in [1.29, 1.82) is 0 Å². The molecule has 0 aliphatic rings. The fraction of sp³-hybridized carbons (Fsp3) is 0.350. The molecule has 0 bridgehead atoms. The summed E-state index contributed by atoms with van der Waals surface area (Å²) in [5.41, 5.74) is 3.25. The van der Waals surface area contributed by atoms with Crippen LogP contribution in [0.2, 0.25) is 0 Å². The average Bonchev–Trinajstić information content (AvgIpc) is 2.89. The normalized spacial score (nSPS) is 10.8. The van der Waals surface area contributed by atoms with Crippen molar-refractivity contribution in [1.82, 2.24) is 4.57 Å². The zero-order valence-corrected chi connectivity index (χ0v) is 14.2. The third-order valence-electron chi connectivity index (χ3n) is 3.90. The summed E-state index contributed by atoms with van der Waals surface area (Å²) in [6.45, 7) is 11.0. The third-order valence-corrected chi connectivity index (χ3v) is 3.90. The lowest BCUT2D eigenvalue weighted by Gasteiger charge is -2.05. The number of ketones is 1. The molecule has 0 amide bonds. The molecule has 3 aromatic rings. The number of para-hydroxylation sites is 1. The van der Waals surface area contributed by atoms with Gasteiger partial charge in [-0.15, -0.1) is 0 Å². The molecule has 0 saturated carbocycles. The number of carbonyl (C=O) groups excluding carboxylic acids is 1. The van der Waals surface area contributed by atoms with Crippen molar-refractivity contribution in [3.63, 3.8) is 0 Å². The second-order valence-electron chi connectivity index (χ2n) is 5.51. The van der Waals surface area contributed by atoms with Crippen LogP contribution in [0.4, 0.5) is 0 Å². The Morgan fingerprint density at radius 3 is 2.27 bits per heavy atom. The van der Waals surface area contributed by atoms with E-state index in [0.717, 1.165) is 12.1 Å². The van der Waals surface area contributed by atoms with Crippen molar-refractivity contribution >= 4 is 27.6 Å². The fourth-order valence-corrected chi connectivity index (χ4v) is 2.88. The lowest BCUT2D eigenvalue weighted by Crippen LogP contribution is -2.07. The summed E-state index contributed by atoms with van der Waals surface area (Å²) < 4.78 is 2.30. The molecule has 22 heavy (non-hydrogen) atoms. The Morgan fingerprint density at radius 1 is 1.00 bits per heavy atom. The van der Waals surface area contributed by atoms with Crippen LogP contribution in [0.3, 0.4) is 0 Å². The molecular formula is C20H25NO. The highest BCUT2D eigenvalue weighted by Gasteiger charge is 2.14. The maximum Gasteiger partial charge on any atom is 0.165 e. The molecule has 1 aromatic heterocycles. The Bertz CT molecular complexity index is 796. The van der Waals surface area contributed by atoms with Crippen molar-refractivity contribution in [3.8, 4) is 0 Å². The van der Waals surface area contributed by atoms with E-state index >= 15 is 0 Å². The van der Waals surface area contributed by atoms with Crippen LogP contribution < -0.4 is 0 Å². The Labute approximate surface area is 132 Å². The van der Waals surface area contributed by atoms with Gasteiger partial charge in [0.05, 0.1) is 0 Å². The van der Waals surface area contributed by atoms with E-state index in [1.165, 1.54) is 21.8 Å². The van der Waals surface area contributed by atoms with Crippen molar-refractivity contribution in [2.45, 2.75) is 41.2 Å². The number of nitrogens with zero attached hydrogens (tertiary/aromatic N) is 1. The monoisotopic (exact) mass is 295 g/mol. The number of carbonyl (C=O) groups is 1. The molecule has 0 unspecified atom stereocenters. The maximum atomic E-state index is 12.2. The molecule has 0 radical (unpaired) electrons. The number of hydrogen-bond donors (Lipinski definition) is 0. The van der Waals surface area contributed by atoms with Crippen LogP contribution in [0.5, 0.6) is 0 Å². The lowest BCUT2D eigenvalue weighted by molar-refractivity contribution is 0.0939. The van der Waals surface area contributed by atoms with Gasteiger partial charge in [0.25, 0.3) is 0 Å². The number of Topliss-reactive ketones (excluding diaryl/α,β-unsaturated/α-hetero) is 1. The lowest BCUT2D eigenvalue weighted by atomic mass is 9.99. The molecule has 0 N–H and O–H groups in total. The van der Waals surface area contributed by atoms with Crippen LogP contribution >= 0.6 is 0 Å². The molecule has 1 heterocycles. The van der Waals surface area contributed by atoms with Gasteiger partial charge in [-0.05, 0) is 31.2 Å². The number of benzene rings is 2. The van der Waals surface area contributed by atoms with Gasteiger partial charge >= 0.3 is 0 Å². The van der Waals surface area contributed by atoms with Crippen LogP contribution in [0.1, 0.15) is 45.0 Å². The van der Waals surface area contributed by atoms with E-state index in [9.17, 15) is 4.79 Å². The van der Waals surface area contributed by atoms with Crippen molar-refractivity contribution in [2.24, 2.45) is 5.92 Å². The Hall–Kier alpha value is -2.09. The van der Waals surface area contributed by atoms with E-state index in [-0.39, 0.29) is 11.7 Å². The molecule has 2 nitrogen and oxygen atoms in total. The van der Waals surface area contributed by atoms with Gasteiger partial charge in [0.2, 0.25) is 0 Å². The summed E-state index contributed by atoms with van der Waals surface area (Å²) in [4.78, 5) is 12.2. The zero-order valence-electron chi connectivity index (χ0n) is 14.2. The van der Waals surface area contributed by atoms with Crippen molar-refractivity contribution in [3.05, 3.63) is 48.0 Å². The summed E-state index contributed by atoms with van der Waals surface area (Å²) in [6.07, 6.45) is 0. The SMILES string of the molecule is CC.CCn1c2ccccc2c2cc(C(=O)C(C)C)ccc21. The van der Waals surface area contributed by atoms with Gasteiger partial charge in [-0.1, -0.05) is 45.9 Å². The summed E-state index contributed by atoms with van der Waals surface area (Å²) in [6, 6.07) is 14.5. The van der Waals surface area contributed by atoms with Crippen molar-refractivity contribution < 1.29 is 4.79 Å². The molecule has 2 heteroatoms. The number of aryl methyl sites for hydroxylation is 1. The van der Waals surface area contributed by atoms with E-state index in [1.54, 1.807) is 0 Å². The molecule has 0 spiro atoms. The Kier molecular flexibility index (Phi) is 5.02. The topological polar surface area (TPSA) is 22.0 Å². The second kappa shape index (κ2) is 6.78. The number of fused-ring (bicyclic) bond motifs is 3. The quantitative estimate of drug-likeness (QED) is 0.570. The van der Waals surface area contributed by atoms with Gasteiger partial charge in [-0.3, -0.25) is 4.79 Å². The number of rotatable bonds is 3. The largest absolute Gasteiger partial charge is 0.341 e. The first-order valence-electron chi connectivity index (χ1n) is 8.18. The Balaban J connectivity index is 0.000000847. The molecule has 0 aliphatic heterocycles. The molecule has 0 saturated heterocycles. The van der Waals surface area contributed by atoms with Gasteiger partial charge in [0.1, 0.15) is 0 Å². The van der Waals surface area contributed by atoms with E-state index < -0.39 is 0 Å². The van der Waals surface area contributed by atoms with E-state index in [2.05, 4.69) is 41.8 Å². The van der Waals surface area contributed by atoms with Crippen LogP contribution in [0, 0.1) is 5.92 Å². The smallest absolute Gasteiger partial charge is 0.165 e. The minimum Gasteiger partial charge on any atom is -0.341 e. The van der Waals surface area contributed by atoms with E-state index in [0.29, 0.717) is 0 Å². The summed E-state index contributed by atoms with van der Waals surface area (Å²) in [7, 11) is 0. The highest BCUT2D eigenvalue weighted by molar-refractivity contribution is 6.11. The van der Waals surface area contributed by atoms with Crippen molar-refractivity contribution in [2.75, 3.05) is 0 Å². The van der Waals surface area contributed by atoms with Gasteiger partial charge in [-0.25, -0.2) is 0 Å². The van der Waals surface area contributed by atoms with Crippen LogP contribution in [-0.4, -0.2) is 10.4 Å². The molecule has 0 aliphatic carbocycles. The van der Waals surface area contributed by atoms with Gasteiger partial charge in [-0.2, -0.15) is 0 Å². The number of hydrogen-bond acceptors (Lipinski definition) is 1. The van der Waals surface area contributed by atoms with Gasteiger partial charge in [0.15, 0.2) is 5.78 Å². The van der Waals surface area contributed by atoms with Gasteiger partial charge in [0, 0.05) is 39.8 Å². The predicted molar refractivity (Wildman–Crippen MR) is 95.6 cm³/mol. The highest BCUT2D eigenvalue weighted by atomic mass is 16.1. The second-order valence-corrected chi connectivity index (χ2v) is 5.51. The Morgan fingerprint density at radius 2 is 1.64 bits per heavy atom. The van der Waals surface area contributed by atoms with Gasteiger partial charge < -0.3 is 4.57 Å². The van der Waals surface area contributed by atoms with E-state index in [4.69, 9.17) is 0 Å². The van der Waals surface area contributed by atoms with Crippen LogP contribution in [0.25, 0.3) is 21.8 Å². The zero-order chi connectivity index (χ0) is 16.3. The molecule has 3 rings (SSSR count). The molecule has 116 valence electrons. The minimum atomic E-state index is 0.0342. The minimum absolute atomic E-state index is 0.0342. The predicted octanol–water partition coefficient (Wildman–Crippen LogP) is 5.68. The average molecular weight is 295 g/mol. The van der Waals surface area contributed by atoms with E-state index in [1.807, 2.05) is 39.8 Å². The summed E-state index contributed by atoms with van der Waals surface area (Å²) in [5.74, 6) is 0.243. The first-order valence-corrected chi connectivity index (χ1v) is 8.18. The summed E-state index contributed by atoms with van der Waals surface area (Å²) >= 11 is 0. The fourth-order valence-electron chi connectivity index (χ4n) is 2.88. The molecule has 2 aromatic carbocycles. The first-order chi connectivity index (χ1) is 10.6. The maximum absolute atomic E-state index is 12.2. The molecule has 0 fully saturated rings. The van der Waals surface area contributed by atoms with Crippen LogP contribution in [0.15, 0.2) is 42.5 Å².